The zero-order valence-corrected chi connectivity index (χ0v) is 22.3. The van der Waals surface area contributed by atoms with Crippen LogP contribution in [0.25, 0.3) is 11.1 Å². The zero-order valence-electron chi connectivity index (χ0n) is 21.4. The molecule has 2 saturated heterocycles. The minimum absolute atomic E-state index is 0.00394. The highest BCUT2D eigenvalue weighted by atomic mass is 32.2. The van der Waals surface area contributed by atoms with Crippen molar-refractivity contribution in [3.05, 3.63) is 70.6 Å². The largest absolute Gasteiger partial charge is 0.395 e. The van der Waals surface area contributed by atoms with Crippen molar-refractivity contribution in [3.63, 3.8) is 0 Å². The van der Waals surface area contributed by atoms with Gasteiger partial charge in [0.15, 0.2) is 5.76 Å². The van der Waals surface area contributed by atoms with Gasteiger partial charge < -0.3 is 9.63 Å². The Hall–Kier alpha value is -2.52. The third kappa shape index (κ3) is 4.20. The van der Waals surface area contributed by atoms with E-state index in [0.717, 1.165) is 30.5 Å². The van der Waals surface area contributed by atoms with Crippen LogP contribution in [0.4, 0.5) is 0 Å². The normalized spacial score (nSPS) is 23.5. The topological polar surface area (TPSA) is 86.9 Å². The molecule has 1 N–H and O–H groups in total. The summed E-state index contributed by atoms with van der Waals surface area (Å²) in [6, 6.07) is 14.9. The highest BCUT2D eigenvalue weighted by Crippen LogP contribution is 2.43. The van der Waals surface area contributed by atoms with E-state index in [9.17, 15) is 13.5 Å². The van der Waals surface area contributed by atoms with Crippen LogP contribution in [-0.2, 0) is 10.0 Å². The number of aliphatic hydroxyl groups is 1. The molecule has 1 unspecified atom stereocenters. The molecule has 7 nitrogen and oxygen atoms in total. The Morgan fingerprint density at radius 3 is 2.42 bits per heavy atom. The molecule has 2 aliphatic heterocycles. The number of sulfonamides is 1. The second-order valence-corrected chi connectivity index (χ2v) is 12.0. The number of aryl methyl sites for hydroxylation is 3. The van der Waals surface area contributed by atoms with Gasteiger partial charge in [0.25, 0.3) is 0 Å². The van der Waals surface area contributed by atoms with Crippen LogP contribution >= 0.6 is 0 Å². The third-order valence-corrected chi connectivity index (χ3v) is 10.2. The number of benzene rings is 2. The second kappa shape index (κ2) is 9.74. The number of rotatable bonds is 5. The number of aliphatic hydroxyl groups excluding tert-OH is 1. The average Bonchev–Trinajstić information content (AvgIpc) is 3.18. The van der Waals surface area contributed by atoms with Gasteiger partial charge in [-0.05, 0) is 74.9 Å². The van der Waals surface area contributed by atoms with Crippen molar-refractivity contribution in [2.75, 3.05) is 26.2 Å². The Morgan fingerprint density at radius 2 is 1.75 bits per heavy atom. The fourth-order valence-electron chi connectivity index (χ4n) is 6.05. The van der Waals surface area contributed by atoms with E-state index in [1.807, 2.05) is 0 Å². The van der Waals surface area contributed by atoms with Gasteiger partial charge in [0.1, 0.15) is 10.6 Å². The van der Waals surface area contributed by atoms with Crippen molar-refractivity contribution in [1.29, 1.82) is 0 Å². The van der Waals surface area contributed by atoms with E-state index in [-0.39, 0.29) is 29.5 Å². The fourth-order valence-corrected chi connectivity index (χ4v) is 7.84. The molecule has 2 aromatic carbocycles. The van der Waals surface area contributed by atoms with Crippen molar-refractivity contribution in [2.45, 2.75) is 63.4 Å². The van der Waals surface area contributed by atoms with Crippen molar-refractivity contribution in [3.8, 4) is 11.1 Å². The molecule has 0 saturated carbocycles. The molecule has 0 aliphatic carbocycles. The molecular formula is C28H35N3O4S. The monoisotopic (exact) mass is 509 g/mol. The minimum atomic E-state index is -3.74. The molecule has 36 heavy (non-hydrogen) atoms. The van der Waals surface area contributed by atoms with Crippen LogP contribution in [0.1, 0.15) is 46.9 Å². The van der Waals surface area contributed by atoms with Gasteiger partial charge >= 0.3 is 0 Å². The van der Waals surface area contributed by atoms with Crippen molar-refractivity contribution in [2.24, 2.45) is 0 Å². The number of hydrogen-bond donors (Lipinski definition) is 1. The summed E-state index contributed by atoms with van der Waals surface area (Å²) in [6.45, 7) is 9.36. The Morgan fingerprint density at radius 1 is 1.03 bits per heavy atom. The van der Waals surface area contributed by atoms with Gasteiger partial charge in [0, 0.05) is 31.1 Å². The van der Waals surface area contributed by atoms with Crippen LogP contribution in [0, 0.1) is 27.7 Å². The first-order valence-corrected chi connectivity index (χ1v) is 14.1. The molecule has 5 rings (SSSR count). The highest BCUT2D eigenvalue weighted by molar-refractivity contribution is 7.89. The lowest BCUT2D eigenvalue weighted by atomic mass is 9.74. The molecule has 3 atom stereocenters. The zero-order chi connectivity index (χ0) is 25.6. The molecule has 0 radical (unpaired) electrons. The summed E-state index contributed by atoms with van der Waals surface area (Å²) in [6.07, 6.45) is 1.66. The van der Waals surface area contributed by atoms with E-state index in [1.54, 1.807) is 18.2 Å². The molecule has 2 aliphatic rings. The maximum atomic E-state index is 13.6. The summed E-state index contributed by atoms with van der Waals surface area (Å²) in [5.74, 6) is 0.384. The summed E-state index contributed by atoms with van der Waals surface area (Å²) < 4.78 is 34.1. The van der Waals surface area contributed by atoms with Crippen molar-refractivity contribution in [1.82, 2.24) is 14.4 Å². The lowest BCUT2D eigenvalue weighted by Crippen LogP contribution is -2.67. The predicted molar refractivity (Wildman–Crippen MR) is 139 cm³/mol. The molecule has 1 aromatic heterocycles. The molecule has 3 aromatic rings. The van der Waals surface area contributed by atoms with Crippen LogP contribution in [0.5, 0.6) is 0 Å². The van der Waals surface area contributed by atoms with E-state index in [0.29, 0.717) is 24.5 Å². The first kappa shape index (κ1) is 25.1. The Kier molecular flexibility index (Phi) is 6.80. The molecule has 8 heteroatoms. The molecule has 3 heterocycles. The predicted octanol–water partition coefficient (Wildman–Crippen LogP) is 4.19. The van der Waals surface area contributed by atoms with Crippen molar-refractivity contribution < 1.29 is 18.0 Å². The number of aromatic nitrogens is 1. The third-order valence-electron chi connectivity index (χ3n) is 8.11. The standard InChI is InChI=1S/C28H35N3O4S/c1-18-8-7-9-24(19(18)2)22-10-12-23(13-11-22)27-25-16-30(14-5-6-15-31(25)26(27)17-32)36(33,34)28-20(3)29-35-21(28)4/h7-13,25-27,32H,5-6,14-17H2,1-4H3/t25?,26-,27+/m1/s1. The van der Waals surface area contributed by atoms with Crippen LogP contribution in [0.3, 0.4) is 0 Å². The van der Waals surface area contributed by atoms with Gasteiger partial charge in [0.05, 0.1) is 6.61 Å². The molecular weight excluding hydrogens is 474 g/mol. The molecule has 0 bridgehead atoms. The van der Waals surface area contributed by atoms with Crippen molar-refractivity contribution >= 4 is 10.0 Å². The Bertz CT molecular complexity index is 1330. The summed E-state index contributed by atoms with van der Waals surface area (Å²) in [7, 11) is -3.74. The Balaban J connectivity index is 1.45. The maximum Gasteiger partial charge on any atom is 0.248 e. The molecule has 192 valence electrons. The number of nitrogens with zero attached hydrogens (tertiary/aromatic N) is 3. The van der Waals surface area contributed by atoms with E-state index in [1.165, 1.54) is 16.7 Å². The van der Waals surface area contributed by atoms with Crippen LogP contribution in [0.15, 0.2) is 51.9 Å². The van der Waals surface area contributed by atoms with Gasteiger partial charge in [0.2, 0.25) is 10.0 Å². The van der Waals surface area contributed by atoms with Crippen LogP contribution < -0.4 is 0 Å². The maximum absolute atomic E-state index is 13.6. The second-order valence-electron chi connectivity index (χ2n) is 10.2. The first-order chi connectivity index (χ1) is 17.2. The van der Waals surface area contributed by atoms with E-state index in [2.05, 4.69) is 66.4 Å². The van der Waals surface area contributed by atoms with Gasteiger partial charge in [-0.15, -0.1) is 0 Å². The summed E-state index contributed by atoms with van der Waals surface area (Å²) in [5.41, 5.74) is 6.45. The summed E-state index contributed by atoms with van der Waals surface area (Å²) in [5, 5.41) is 14.1. The van der Waals surface area contributed by atoms with Crippen LogP contribution in [0.2, 0.25) is 0 Å². The van der Waals surface area contributed by atoms with Crippen LogP contribution in [-0.4, -0.2) is 66.2 Å². The average molecular weight is 510 g/mol. The van der Waals surface area contributed by atoms with Gasteiger partial charge in [-0.25, -0.2) is 8.42 Å². The van der Waals surface area contributed by atoms with E-state index in [4.69, 9.17) is 4.52 Å². The SMILES string of the molecule is Cc1cccc(-c2ccc([C@H]3C4CN(S(=O)(=O)c5c(C)noc5C)CCCCN4[C@@H]3CO)cc2)c1C. The summed E-state index contributed by atoms with van der Waals surface area (Å²) in [4.78, 5) is 2.47. The molecule has 2 fully saturated rings. The lowest BCUT2D eigenvalue weighted by Gasteiger charge is -2.57. The minimum Gasteiger partial charge on any atom is -0.395 e. The smallest absolute Gasteiger partial charge is 0.248 e. The number of fused-ring (bicyclic) bond motifs is 1. The lowest BCUT2D eigenvalue weighted by molar-refractivity contribution is -0.0553. The van der Waals surface area contributed by atoms with E-state index < -0.39 is 10.0 Å². The Labute approximate surface area is 213 Å². The fraction of sp³-hybridized carbons (Fsp3) is 0.464. The molecule has 0 spiro atoms. The van der Waals surface area contributed by atoms with Gasteiger partial charge in [-0.2, -0.15) is 4.31 Å². The molecule has 0 amide bonds. The number of hydrogen-bond acceptors (Lipinski definition) is 6. The summed E-state index contributed by atoms with van der Waals surface area (Å²) >= 11 is 0. The highest BCUT2D eigenvalue weighted by Gasteiger charge is 2.50. The van der Waals surface area contributed by atoms with Gasteiger partial charge in [-0.1, -0.05) is 47.6 Å². The van der Waals surface area contributed by atoms with Gasteiger partial charge in [-0.3, -0.25) is 4.90 Å². The quantitative estimate of drug-likeness (QED) is 0.555. The van der Waals surface area contributed by atoms with E-state index >= 15 is 0 Å². The first-order valence-electron chi connectivity index (χ1n) is 12.7.